The maximum atomic E-state index is 12.0. The summed E-state index contributed by atoms with van der Waals surface area (Å²) in [5.74, 6) is -0.653. The highest BCUT2D eigenvalue weighted by Gasteiger charge is 2.23. The minimum atomic E-state index is -4.13. The zero-order valence-corrected chi connectivity index (χ0v) is 31.5. The van der Waals surface area contributed by atoms with Crippen molar-refractivity contribution in [2.24, 2.45) is 5.73 Å². The number of nitrogens with one attached hydrogen (secondary N) is 1. The van der Waals surface area contributed by atoms with E-state index in [1.807, 2.05) is 0 Å². The van der Waals surface area contributed by atoms with Crippen LogP contribution in [-0.4, -0.2) is 65.0 Å². The quantitative estimate of drug-likeness (QED) is 0.0915. The van der Waals surface area contributed by atoms with Crippen molar-refractivity contribution < 1.29 is 45.6 Å². The zero-order chi connectivity index (χ0) is 38.8. The smallest absolute Gasteiger partial charge is 0.272 e. The van der Waals surface area contributed by atoms with Crippen LogP contribution in [0.25, 0.3) is 0 Å². The van der Waals surface area contributed by atoms with Crippen LogP contribution < -0.4 is 29.4 Å². The number of aromatic nitrogens is 2. The molecule has 4 rings (SSSR count). The summed E-state index contributed by atoms with van der Waals surface area (Å²) in [7, 11) is 2.61. The van der Waals surface area contributed by atoms with Gasteiger partial charge in [0.05, 0.1) is 56.6 Å². The minimum absolute atomic E-state index is 0.00240. The summed E-state index contributed by atoms with van der Waals surface area (Å²) >= 11 is 23.7. The molecular formula is C26H23Cl5N6O12S2. The summed E-state index contributed by atoms with van der Waals surface area (Å²) in [6.45, 7) is 0. The van der Waals surface area contributed by atoms with Gasteiger partial charge in [0.15, 0.2) is 23.0 Å². The molecule has 0 bridgehead atoms. The maximum Gasteiger partial charge on any atom is 0.272 e. The number of hydrogen-bond acceptors (Lipinski definition) is 15. The van der Waals surface area contributed by atoms with Crippen molar-refractivity contribution >= 4 is 87.5 Å². The van der Waals surface area contributed by atoms with Crippen molar-refractivity contribution in [1.29, 1.82) is 0 Å². The molecule has 0 atom stereocenters. The molecule has 0 saturated carbocycles. The number of nitrogens with two attached hydrogens (primary N) is 1. The van der Waals surface area contributed by atoms with Crippen molar-refractivity contribution in [1.82, 2.24) is 14.7 Å². The maximum absolute atomic E-state index is 12.0. The number of ether oxygens (including phenoxy) is 4. The Kier molecular flexibility index (Phi) is 15.6. The predicted molar refractivity (Wildman–Crippen MR) is 187 cm³/mol. The van der Waals surface area contributed by atoms with Crippen LogP contribution in [0.2, 0.25) is 20.1 Å². The average Bonchev–Trinajstić information content (AvgIpc) is 3.08. The van der Waals surface area contributed by atoms with Crippen molar-refractivity contribution in [2.75, 3.05) is 28.3 Å². The van der Waals surface area contributed by atoms with Gasteiger partial charge in [-0.05, 0) is 14.1 Å². The fourth-order valence-electron chi connectivity index (χ4n) is 3.45. The molecule has 0 aliphatic rings. The van der Waals surface area contributed by atoms with Crippen LogP contribution in [-0.2, 0) is 19.1 Å². The second-order valence-corrected chi connectivity index (χ2v) is 14.7. The molecular weight excluding hydrogens is 830 g/mol. The molecule has 0 unspecified atom stereocenters. The van der Waals surface area contributed by atoms with Crippen LogP contribution >= 0.6 is 57.1 Å². The summed E-state index contributed by atoms with van der Waals surface area (Å²) in [6, 6.07) is 6.29. The molecule has 4 aromatic rings. The predicted octanol–water partition coefficient (Wildman–Crippen LogP) is 6.61. The molecule has 2 heterocycles. The highest BCUT2D eigenvalue weighted by Crippen LogP contribution is 2.41. The Morgan fingerprint density at radius 3 is 1.31 bits per heavy atom. The van der Waals surface area contributed by atoms with Gasteiger partial charge in [-0.25, -0.2) is 31.5 Å². The van der Waals surface area contributed by atoms with Crippen LogP contribution in [0, 0.1) is 20.2 Å². The van der Waals surface area contributed by atoms with Crippen molar-refractivity contribution in [3.63, 3.8) is 0 Å². The molecule has 2 aromatic heterocycles. The number of rotatable bonds is 11. The molecule has 25 heteroatoms. The van der Waals surface area contributed by atoms with Gasteiger partial charge in [0.2, 0.25) is 21.8 Å². The van der Waals surface area contributed by atoms with Gasteiger partial charge >= 0.3 is 0 Å². The molecule has 276 valence electrons. The summed E-state index contributed by atoms with van der Waals surface area (Å²) in [4.78, 5) is 27.3. The number of nitro benzene ring substituents is 2. The molecule has 0 spiro atoms. The SMILES string of the molecule is CN.CNS(=O)(=O)c1cc(Oc2c(Cl)cc([N+](=O)[O-])cc2Cl)ncc1OC.COc1cnc(Oc2c(Cl)cc([N+](=O)[O-])cc2Cl)cc1S(=O)(=O)Cl. The van der Waals surface area contributed by atoms with E-state index < -0.39 is 28.9 Å². The fourth-order valence-corrected chi connectivity index (χ4v) is 6.41. The minimum Gasteiger partial charge on any atom is -0.494 e. The summed E-state index contributed by atoms with van der Waals surface area (Å²) < 4.78 is 69.9. The molecule has 2 aromatic carbocycles. The van der Waals surface area contributed by atoms with E-state index in [0.717, 1.165) is 48.8 Å². The van der Waals surface area contributed by atoms with E-state index in [2.05, 4.69) is 20.4 Å². The number of non-ortho nitro benzene ring substituents is 2. The van der Waals surface area contributed by atoms with Gasteiger partial charge in [0.1, 0.15) is 9.79 Å². The second kappa shape index (κ2) is 18.5. The lowest BCUT2D eigenvalue weighted by atomic mass is 10.3. The first-order valence-corrected chi connectivity index (χ1v) is 18.3. The van der Waals surface area contributed by atoms with Gasteiger partial charge in [-0.1, -0.05) is 46.4 Å². The summed E-state index contributed by atoms with van der Waals surface area (Å²) in [6.07, 6.45) is 2.23. The lowest BCUT2D eigenvalue weighted by molar-refractivity contribution is -0.385. The third-order valence-electron chi connectivity index (χ3n) is 5.67. The van der Waals surface area contributed by atoms with Crippen molar-refractivity contribution in [3.8, 4) is 34.8 Å². The first-order chi connectivity index (χ1) is 23.8. The Balaban J connectivity index is 0.000000337. The van der Waals surface area contributed by atoms with Gasteiger partial charge in [0.25, 0.3) is 20.4 Å². The number of sulfonamides is 1. The van der Waals surface area contributed by atoms with Crippen LogP contribution in [0.15, 0.2) is 58.6 Å². The van der Waals surface area contributed by atoms with Crippen molar-refractivity contribution in [2.45, 2.75) is 9.79 Å². The van der Waals surface area contributed by atoms with E-state index >= 15 is 0 Å². The van der Waals surface area contributed by atoms with Crippen molar-refractivity contribution in [3.05, 3.63) is 89.1 Å². The molecule has 0 fully saturated rings. The number of benzene rings is 2. The van der Waals surface area contributed by atoms with Crippen LogP contribution in [0.3, 0.4) is 0 Å². The number of nitro groups is 2. The normalized spacial score (nSPS) is 10.9. The van der Waals surface area contributed by atoms with Gasteiger partial charge in [0, 0.05) is 47.1 Å². The van der Waals surface area contributed by atoms with E-state index in [0.29, 0.717) is 0 Å². The monoisotopic (exact) mass is 850 g/mol. The van der Waals surface area contributed by atoms with Crippen LogP contribution in [0.1, 0.15) is 0 Å². The number of methoxy groups -OCH3 is 2. The van der Waals surface area contributed by atoms with Crippen LogP contribution in [0.4, 0.5) is 11.4 Å². The summed E-state index contributed by atoms with van der Waals surface area (Å²) in [5, 5.41) is 21.0. The lowest BCUT2D eigenvalue weighted by Gasteiger charge is -2.12. The Hall–Kier alpha value is -3.99. The lowest BCUT2D eigenvalue weighted by Crippen LogP contribution is -2.19. The fraction of sp³-hybridized carbons (Fsp3) is 0.154. The van der Waals surface area contributed by atoms with E-state index in [1.54, 1.807) is 0 Å². The van der Waals surface area contributed by atoms with Gasteiger partial charge in [-0.3, -0.25) is 20.2 Å². The molecule has 0 aliphatic heterocycles. The molecule has 0 radical (unpaired) electrons. The highest BCUT2D eigenvalue weighted by atomic mass is 35.7. The number of nitrogens with zero attached hydrogens (tertiary/aromatic N) is 4. The molecule has 3 N–H and O–H groups in total. The van der Waals surface area contributed by atoms with E-state index in [4.69, 9.17) is 76.0 Å². The summed E-state index contributed by atoms with van der Waals surface area (Å²) in [5.41, 5.74) is 3.85. The molecule has 51 heavy (non-hydrogen) atoms. The Bertz CT molecular complexity index is 2120. The Morgan fingerprint density at radius 2 is 1.02 bits per heavy atom. The molecule has 0 aliphatic carbocycles. The standard InChI is InChI=1S/C13H11Cl2N3O6S.C12H7Cl3N2O6S.CH5N/c1-16-25(21,22)11-5-12(17-6-10(11)23-2)24-13-8(14)3-7(18(19)20)4-9(13)15;1-22-9-5-16-11(4-10(9)24(15,20)21)23-12-7(13)2-6(17(18)19)3-8(12)14;1-2/h3-6,16H,1-2H3;2-5H,1H3;2H2,1H3. The topological polar surface area (TPSA) is 255 Å². The van der Waals surface area contributed by atoms with E-state index in [1.165, 1.54) is 28.3 Å². The molecule has 18 nitrogen and oxygen atoms in total. The van der Waals surface area contributed by atoms with E-state index in [-0.39, 0.29) is 76.0 Å². The average molecular weight is 853 g/mol. The largest absolute Gasteiger partial charge is 0.494 e. The van der Waals surface area contributed by atoms with Gasteiger partial charge < -0.3 is 24.7 Å². The molecule has 0 amide bonds. The third-order valence-corrected chi connectivity index (χ3v) is 9.58. The second-order valence-electron chi connectivity index (χ2n) is 8.69. The number of pyridine rings is 2. The van der Waals surface area contributed by atoms with Crippen LogP contribution in [0.5, 0.6) is 34.8 Å². The first-order valence-electron chi connectivity index (χ1n) is 13.0. The highest BCUT2D eigenvalue weighted by molar-refractivity contribution is 8.13. The van der Waals surface area contributed by atoms with Gasteiger partial charge in [-0.2, -0.15) is 0 Å². The number of halogens is 5. The number of hydrogen-bond donors (Lipinski definition) is 2. The third kappa shape index (κ3) is 11.2. The molecule has 0 saturated heterocycles. The Labute approximate surface area is 314 Å². The zero-order valence-electron chi connectivity index (χ0n) is 26.1. The van der Waals surface area contributed by atoms with Gasteiger partial charge in [-0.15, -0.1) is 0 Å². The first kappa shape index (κ1) is 43.2. The Morgan fingerprint density at radius 1 is 0.686 bits per heavy atom. The van der Waals surface area contributed by atoms with E-state index in [9.17, 15) is 37.1 Å².